The second kappa shape index (κ2) is 4.77. The lowest BCUT2D eigenvalue weighted by Crippen LogP contribution is -1.87. The quantitative estimate of drug-likeness (QED) is 0.708. The highest BCUT2D eigenvalue weighted by Gasteiger charge is 1.91. The number of aliphatic hydroxyl groups excluding tert-OH is 1. The molecule has 70 valence electrons. The van der Waals surface area contributed by atoms with Gasteiger partial charge in [-0.25, -0.2) is 4.39 Å². The van der Waals surface area contributed by atoms with Gasteiger partial charge < -0.3 is 5.11 Å². The Hall–Kier alpha value is -1.15. The fourth-order valence-electron chi connectivity index (χ4n) is 0.977. The van der Waals surface area contributed by atoms with E-state index in [1.54, 1.807) is 12.1 Å². The molecule has 13 heavy (non-hydrogen) atoms. The van der Waals surface area contributed by atoms with E-state index in [1.165, 1.54) is 12.1 Å². The maximum atomic E-state index is 12.5. The SMILES string of the molecule is C/C(=C\Cc1ccc(F)cc1)CO. The highest BCUT2D eigenvalue weighted by atomic mass is 19.1. The third kappa shape index (κ3) is 3.38. The second-order valence-corrected chi connectivity index (χ2v) is 3.04. The molecule has 0 fully saturated rings. The highest BCUT2D eigenvalue weighted by Crippen LogP contribution is 2.05. The number of halogens is 1. The van der Waals surface area contributed by atoms with E-state index in [1.807, 2.05) is 13.0 Å². The molecule has 1 N–H and O–H groups in total. The predicted octanol–water partition coefficient (Wildman–Crippen LogP) is 2.31. The van der Waals surface area contributed by atoms with E-state index < -0.39 is 0 Å². The molecule has 1 aromatic carbocycles. The Kier molecular flexibility index (Phi) is 3.65. The van der Waals surface area contributed by atoms with E-state index in [9.17, 15) is 4.39 Å². The first-order valence-corrected chi connectivity index (χ1v) is 4.23. The van der Waals surface area contributed by atoms with Gasteiger partial charge in [0.1, 0.15) is 5.82 Å². The third-order valence-corrected chi connectivity index (χ3v) is 1.85. The summed E-state index contributed by atoms with van der Waals surface area (Å²) in [7, 11) is 0. The average molecular weight is 180 g/mol. The van der Waals surface area contributed by atoms with E-state index >= 15 is 0 Å². The van der Waals surface area contributed by atoms with Crippen molar-refractivity contribution in [3.63, 3.8) is 0 Å². The van der Waals surface area contributed by atoms with Crippen molar-refractivity contribution in [2.75, 3.05) is 6.61 Å². The van der Waals surface area contributed by atoms with Crippen LogP contribution in [0.2, 0.25) is 0 Å². The highest BCUT2D eigenvalue weighted by molar-refractivity contribution is 5.19. The second-order valence-electron chi connectivity index (χ2n) is 3.04. The summed E-state index contributed by atoms with van der Waals surface area (Å²) in [5.41, 5.74) is 1.98. The normalized spacial score (nSPS) is 11.8. The summed E-state index contributed by atoms with van der Waals surface area (Å²) in [6.07, 6.45) is 2.68. The lowest BCUT2D eigenvalue weighted by atomic mass is 10.1. The van der Waals surface area contributed by atoms with Crippen LogP contribution in [0.1, 0.15) is 12.5 Å². The van der Waals surface area contributed by atoms with Crippen molar-refractivity contribution < 1.29 is 9.50 Å². The number of hydrogen-bond donors (Lipinski definition) is 1. The van der Waals surface area contributed by atoms with Gasteiger partial charge in [-0.2, -0.15) is 0 Å². The van der Waals surface area contributed by atoms with Gasteiger partial charge in [-0.1, -0.05) is 23.8 Å². The Morgan fingerprint density at radius 2 is 2.00 bits per heavy atom. The van der Waals surface area contributed by atoms with Crippen molar-refractivity contribution in [1.82, 2.24) is 0 Å². The summed E-state index contributed by atoms with van der Waals surface area (Å²) < 4.78 is 12.5. The van der Waals surface area contributed by atoms with Gasteiger partial charge in [0.15, 0.2) is 0 Å². The van der Waals surface area contributed by atoms with Crippen LogP contribution in [0.4, 0.5) is 4.39 Å². The van der Waals surface area contributed by atoms with E-state index in [4.69, 9.17) is 5.11 Å². The lowest BCUT2D eigenvalue weighted by Gasteiger charge is -1.97. The topological polar surface area (TPSA) is 20.2 Å². The van der Waals surface area contributed by atoms with Crippen LogP contribution in [-0.4, -0.2) is 11.7 Å². The first-order valence-electron chi connectivity index (χ1n) is 4.23. The third-order valence-electron chi connectivity index (χ3n) is 1.85. The van der Waals surface area contributed by atoms with Crippen LogP contribution in [0.25, 0.3) is 0 Å². The van der Waals surface area contributed by atoms with Gasteiger partial charge in [-0.15, -0.1) is 0 Å². The zero-order chi connectivity index (χ0) is 9.68. The zero-order valence-electron chi connectivity index (χ0n) is 7.63. The van der Waals surface area contributed by atoms with Crippen LogP contribution in [-0.2, 0) is 6.42 Å². The molecule has 2 heteroatoms. The molecule has 0 unspecified atom stereocenters. The summed E-state index contributed by atoms with van der Waals surface area (Å²) in [4.78, 5) is 0. The van der Waals surface area contributed by atoms with Crippen LogP contribution in [0, 0.1) is 5.82 Å². The van der Waals surface area contributed by atoms with Crippen molar-refractivity contribution in [1.29, 1.82) is 0 Å². The molecular formula is C11H13FO. The Morgan fingerprint density at radius 1 is 1.38 bits per heavy atom. The average Bonchev–Trinajstić information content (AvgIpc) is 2.16. The Balaban J connectivity index is 2.60. The molecule has 0 aliphatic heterocycles. The molecule has 1 nitrogen and oxygen atoms in total. The molecular weight excluding hydrogens is 167 g/mol. The maximum absolute atomic E-state index is 12.5. The lowest BCUT2D eigenvalue weighted by molar-refractivity contribution is 0.331. The van der Waals surface area contributed by atoms with Crippen LogP contribution in [0.3, 0.4) is 0 Å². The van der Waals surface area contributed by atoms with Crippen LogP contribution in [0.5, 0.6) is 0 Å². The zero-order valence-corrected chi connectivity index (χ0v) is 7.63. The molecule has 0 spiro atoms. The largest absolute Gasteiger partial charge is 0.392 e. The number of aliphatic hydroxyl groups is 1. The molecule has 0 aliphatic rings. The summed E-state index contributed by atoms with van der Waals surface area (Å²) >= 11 is 0. The first kappa shape index (κ1) is 9.93. The van der Waals surface area contributed by atoms with Gasteiger partial charge in [-0.3, -0.25) is 0 Å². The summed E-state index contributed by atoms with van der Waals surface area (Å²) in [5, 5.41) is 8.73. The number of hydrogen-bond acceptors (Lipinski definition) is 1. The van der Waals surface area contributed by atoms with E-state index in [0.717, 1.165) is 17.6 Å². The minimum absolute atomic E-state index is 0.0845. The van der Waals surface area contributed by atoms with E-state index in [0.29, 0.717) is 0 Å². The fraction of sp³-hybridized carbons (Fsp3) is 0.273. The predicted molar refractivity (Wildman–Crippen MR) is 50.9 cm³/mol. The standard InChI is InChI=1S/C11H13FO/c1-9(8-13)2-3-10-4-6-11(12)7-5-10/h2,4-7,13H,3,8H2,1H3/b9-2+. The Bertz CT molecular complexity index is 287. The minimum atomic E-state index is -0.216. The van der Waals surface area contributed by atoms with Gasteiger partial charge in [0.05, 0.1) is 6.61 Å². The minimum Gasteiger partial charge on any atom is -0.392 e. The van der Waals surface area contributed by atoms with Crippen molar-refractivity contribution in [3.8, 4) is 0 Å². The van der Waals surface area contributed by atoms with E-state index in [2.05, 4.69) is 0 Å². The molecule has 0 radical (unpaired) electrons. The van der Waals surface area contributed by atoms with Crippen LogP contribution >= 0.6 is 0 Å². The van der Waals surface area contributed by atoms with Crippen molar-refractivity contribution in [2.24, 2.45) is 0 Å². The molecule has 0 saturated carbocycles. The number of benzene rings is 1. The molecule has 0 bridgehead atoms. The summed E-state index contributed by atoms with van der Waals surface area (Å²) in [6, 6.07) is 6.38. The molecule has 0 saturated heterocycles. The van der Waals surface area contributed by atoms with Crippen molar-refractivity contribution >= 4 is 0 Å². The maximum Gasteiger partial charge on any atom is 0.123 e. The van der Waals surface area contributed by atoms with Crippen molar-refractivity contribution in [3.05, 3.63) is 47.3 Å². The van der Waals surface area contributed by atoms with Crippen molar-refractivity contribution in [2.45, 2.75) is 13.3 Å². The van der Waals surface area contributed by atoms with Crippen LogP contribution in [0.15, 0.2) is 35.9 Å². The van der Waals surface area contributed by atoms with Crippen LogP contribution < -0.4 is 0 Å². The van der Waals surface area contributed by atoms with Gasteiger partial charge in [0.25, 0.3) is 0 Å². The molecule has 0 aliphatic carbocycles. The monoisotopic (exact) mass is 180 g/mol. The summed E-state index contributed by atoms with van der Waals surface area (Å²) in [6.45, 7) is 1.95. The molecule has 0 aromatic heterocycles. The molecule has 0 amide bonds. The molecule has 0 heterocycles. The summed E-state index contributed by atoms with van der Waals surface area (Å²) in [5.74, 6) is -0.216. The number of allylic oxidation sites excluding steroid dienone is 1. The Labute approximate surface area is 77.5 Å². The first-order chi connectivity index (χ1) is 6.22. The number of rotatable bonds is 3. The fourth-order valence-corrected chi connectivity index (χ4v) is 0.977. The van der Waals surface area contributed by atoms with E-state index in [-0.39, 0.29) is 12.4 Å². The van der Waals surface area contributed by atoms with Gasteiger partial charge >= 0.3 is 0 Å². The van der Waals surface area contributed by atoms with Gasteiger partial charge in [0, 0.05) is 0 Å². The van der Waals surface area contributed by atoms with Gasteiger partial charge in [0.2, 0.25) is 0 Å². The molecule has 0 atom stereocenters. The van der Waals surface area contributed by atoms with Gasteiger partial charge in [-0.05, 0) is 31.0 Å². The molecule has 1 rings (SSSR count). The Morgan fingerprint density at radius 3 is 2.54 bits per heavy atom. The molecule has 1 aromatic rings. The smallest absolute Gasteiger partial charge is 0.123 e.